The fourth-order valence-corrected chi connectivity index (χ4v) is 3.25. The molecule has 178 valence electrons. The number of Topliss-reactive ketones (excluding diaryl/α,β-unsaturated/α-hetero) is 1. The van der Waals surface area contributed by atoms with Crippen LogP contribution in [0, 0.1) is 24.2 Å². The zero-order valence-electron chi connectivity index (χ0n) is 19.2. The molecule has 3 N–H and O–H groups in total. The Labute approximate surface area is 189 Å². The zero-order chi connectivity index (χ0) is 24.3. The summed E-state index contributed by atoms with van der Waals surface area (Å²) in [4.78, 5) is 60.9. The summed E-state index contributed by atoms with van der Waals surface area (Å²) in [5.41, 5.74) is 2.93. The lowest BCUT2D eigenvalue weighted by Gasteiger charge is -2.36. The van der Waals surface area contributed by atoms with Crippen LogP contribution >= 0.6 is 0 Å². The summed E-state index contributed by atoms with van der Waals surface area (Å²) in [6, 6.07) is -1.70. The van der Waals surface area contributed by atoms with Crippen LogP contribution in [0.2, 0.25) is 0 Å². The number of nitrogens with zero attached hydrogens (tertiary/aromatic N) is 1. The van der Waals surface area contributed by atoms with Crippen LogP contribution in [0.25, 0.3) is 0 Å². The summed E-state index contributed by atoms with van der Waals surface area (Å²) in [7, 11) is 0. The maximum Gasteiger partial charge on any atom is 0.384 e. The van der Waals surface area contributed by atoms with E-state index in [0.717, 1.165) is 0 Å². The normalized spacial score (nSPS) is 16.8. The van der Waals surface area contributed by atoms with Crippen LogP contribution < -0.4 is 16.1 Å². The fourth-order valence-electron chi connectivity index (χ4n) is 3.25. The molecule has 0 aromatic rings. The van der Waals surface area contributed by atoms with Crippen LogP contribution in [0.4, 0.5) is 0 Å². The number of carbonyl (C=O) groups is 5. The Kier molecular flexibility index (Phi) is 11.4. The van der Waals surface area contributed by atoms with Gasteiger partial charge < -0.3 is 15.4 Å². The Morgan fingerprint density at radius 1 is 1.19 bits per heavy atom. The second-order valence-electron chi connectivity index (χ2n) is 8.44. The quantitative estimate of drug-likeness (QED) is 0.228. The smallest absolute Gasteiger partial charge is 0.384 e. The maximum absolute atomic E-state index is 12.9. The molecule has 0 spiro atoms. The molecule has 2 unspecified atom stereocenters. The first-order chi connectivity index (χ1) is 15.1. The van der Waals surface area contributed by atoms with Crippen molar-refractivity contribution in [2.45, 2.75) is 65.5 Å². The van der Waals surface area contributed by atoms with Crippen molar-refractivity contribution in [1.29, 1.82) is 0 Å². The third-order valence-electron chi connectivity index (χ3n) is 4.85. The molecule has 1 aliphatic rings. The van der Waals surface area contributed by atoms with Crippen LogP contribution in [0.5, 0.6) is 0 Å². The molecule has 10 heteroatoms. The van der Waals surface area contributed by atoms with Gasteiger partial charge in [-0.25, -0.2) is 10.2 Å². The lowest BCUT2D eigenvalue weighted by molar-refractivity contribution is -0.148. The lowest BCUT2D eigenvalue weighted by Crippen LogP contribution is -2.61. The minimum atomic E-state index is -0.957. The van der Waals surface area contributed by atoms with E-state index >= 15 is 0 Å². The molecule has 0 aliphatic carbocycles. The molecule has 2 atom stereocenters. The van der Waals surface area contributed by atoms with Crippen molar-refractivity contribution in [1.82, 2.24) is 21.1 Å². The summed E-state index contributed by atoms with van der Waals surface area (Å²) >= 11 is 0. The summed E-state index contributed by atoms with van der Waals surface area (Å²) in [6.45, 7) is 7.50. The number of carbonyl (C=O) groups excluding carboxylic acids is 5. The van der Waals surface area contributed by atoms with Gasteiger partial charge in [-0.2, -0.15) is 0 Å². The Balaban J connectivity index is 2.71. The molecule has 0 bridgehead atoms. The van der Waals surface area contributed by atoms with E-state index in [1.807, 2.05) is 13.8 Å². The van der Waals surface area contributed by atoms with Crippen LogP contribution in [0.1, 0.15) is 53.4 Å². The third kappa shape index (κ3) is 9.06. The SMILES string of the molecule is C#CC(=O)OCC(=O)C(NC(=O)C1CCCNN1C(=O)CCNC(=O)CC(C)C)C(C)C. The summed E-state index contributed by atoms with van der Waals surface area (Å²) in [5, 5.41) is 6.65. The van der Waals surface area contributed by atoms with Crippen LogP contribution in [0.3, 0.4) is 0 Å². The first-order valence-electron chi connectivity index (χ1n) is 10.9. The standard InChI is InChI=1S/C22H34N4O6/c1-6-20(30)32-13-17(27)21(15(4)5)25-22(31)16-8-7-10-24-26(16)19(29)9-11-23-18(28)12-14(2)3/h1,14-16,21,24H,7-13H2,2-5H3,(H,23,28)(H,25,31). The molecule has 32 heavy (non-hydrogen) atoms. The molecule has 1 aliphatic heterocycles. The molecule has 1 heterocycles. The molecule has 1 saturated heterocycles. The monoisotopic (exact) mass is 450 g/mol. The van der Waals surface area contributed by atoms with E-state index in [2.05, 4.69) is 20.8 Å². The van der Waals surface area contributed by atoms with Gasteiger partial charge in [-0.1, -0.05) is 27.7 Å². The largest absolute Gasteiger partial charge is 0.448 e. The molecule has 0 radical (unpaired) electrons. The number of ether oxygens (including phenoxy) is 1. The van der Waals surface area contributed by atoms with Crippen molar-refractivity contribution >= 4 is 29.5 Å². The maximum atomic E-state index is 12.9. The molecule has 1 rings (SSSR count). The van der Waals surface area contributed by atoms with Crippen molar-refractivity contribution in [2.24, 2.45) is 11.8 Å². The Morgan fingerprint density at radius 2 is 1.88 bits per heavy atom. The second kappa shape index (κ2) is 13.5. The van der Waals surface area contributed by atoms with Gasteiger partial charge in [0.15, 0.2) is 12.4 Å². The van der Waals surface area contributed by atoms with Crippen molar-refractivity contribution in [2.75, 3.05) is 19.7 Å². The summed E-state index contributed by atoms with van der Waals surface area (Å²) < 4.78 is 4.67. The van der Waals surface area contributed by atoms with E-state index in [9.17, 15) is 24.0 Å². The number of nitrogens with one attached hydrogen (secondary N) is 3. The highest BCUT2D eigenvalue weighted by atomic mass is 16.5. The lowest BCUT2D eigenvalue weighted by atomic mass is 9.98. The van der Waals surface area contributed by atoms with E-state index < -0.39 is 36.4 Å². The van der Waals surface area contributed by atoms with Crippen LogP contribution in [0.15, 0.2) is 0 Å². The highest BCUT2D eigenvalue weighted by Crippen LogP contribution is 2.14. The van der Waals surface area contributed by atoms with Crippen LogP contribution in [-0.2, 0) is 28.7 Å². The van der Waals surface area contributed by atoms with E-state index in [0.29, 0.717) is 25.8 Å². The van der Waals surface area contributed by atoms with Gasteiger partial charge in [-0.15, -0.1) is 6.42 Å². The molecule has 0 aromatic carbocycles. The number of esters is 1. The molecular weight excluding hydrogens is 416 g/mol. The predicted octanol–water partition coefficient (Wildman–Crippen LogP) is -0.0793. The van der Waals surface area contributed by atoms with E-state index in [1.54, 1.807) is 19.8 Å². The van der Waals surface area contributed by atoms with Gasteiger partial charge in [-0.3, -0.25) is 24.2 Å². The van der Waals surface area contributed by atoms with Crippen molar-refractivity contribution in [3.05, 3.63) is 0 Å². The number of ketones is 1. The van der Waals surface area contributed by atoms with E-state index in [1.165, 1.54) is 5.01 Å². The van der Waals surface area contributed by atoms with Gasteiger partial charge in [0.1, 0.15) is 6.04 Å². The minimum absolute atomic E-state index is 0.0369. The number of hydrazine groups is 1. The number of rotatable bonds is 11. The van der Waals surface area contributed by atoms with Gasteiger partial charge in [0.05, 0.1) is 6.04 Å². The van der Waals surface area contributed by atoms with Crippen molar-refractivity contribution in [3.8, 4) is 12.3 Å². The van der Waals surface area contributed by atoms with Gasteiger partial charge in [0.25, 0.3) is 0 Å². The molecule has 0 saturated carbocycles. The van der Waals surface area contributed by atoms with Crippen molar-refractivity contribution in [3.63, 3.8) is 0 Å². The fraction of sp³-hybridized carbons (Fsp3) is 0.682. The average molecular weight is 451 g/mol. The Bertz CT molecular complexity index is 743. The summed E-state index contributed by atoms with van der Waals surface area (Å²) in [6.07, 6.45) is 6.43. The number of hydrogen-bond acceptors (Lipinski definition) is 7. The zero-order valence-corrected chi connectivity index (χ0v) is 19.2. The van der Waals surface area contributed by atoms with Gasteiger partial charge in [0, 0.05) is 31.9 Å². The Hall–Kier alpha value is -2.93. The third-order valence-corrected chi connectivity index (χ3v) is 4.85. The van der Waals surface area contributed by atoms with Crippen LogP contribution in [-0.4, -0.2) is 66.3 Å². The molecule has 10 nitrogen and oxygen atoms in total. The highest BCUT2D eigenvalue weighted by molar-refractivity contribution is 5.95. The number of amides is 3. The predicted molar refractivity (Wildman–Crippen MR) is 117 cm³/mol. The van der Waals surface area contributed by atoms with Gasteiger partial charge >= 0.3 is 5.97 Å². The average Bonchev–Trinajstić information content (AvgIpc) is 2.74. The molecule has 0 aromatic heterocycles. The molecular formula is C22H34N4O6. The van der Waals surface area contributed by atoms with Gasteiger partial charge in [-0.05, 0) is 24.7 Å². The first-order valence-corrected chi connectivity index (χ1v) is 10.9. The van der Waals surface area contributed by atoms with Gasteiger partial charge in [0.2, 0.25) is 17.7 Å². The van der Waals surface area contributed by atoms with Crippen molar-refractivity contribution < 1.29 is 28.7 Å². The number of terminal acetylenes is 1. The minimum Gasteiger partial charge on any atom is -0.448 e. The number of hydrogen-bond donors (Lipinski definition) is 3. The van der Waals surface area contributed by atoms with E-state index in [4.69, 9.17) is 6.42 Å². The summed E-state index contributed by atoms with van der Waals surface area (Å²) in [5.74, 6) is -0.690. The highest BCUT2D eigenvalue weighted by Gasteiger charge is 2.35. The van der Waals surface area contributed by atoms with E-state index in [-0.39, 0.29) is 36.6 Å². The second-order valence-corrected chi connectivity index (χ2v) is 8.44. The molecule has 3 amide bonds. The Morgan fingerprint density at radius 3 is 2.47 bits per heavy atom. The topological polar surface area (TPSA) is 134 Å². The first kappa shape index (κ1) is 27.1. The molecule has 1 fully saturated rings.